The van der Waals surface area contributed by atoms with Gasteiger partial charge in [-0.3, -0.25) is 0 Å². The standard InChI is InChI=1S/C21H21N3.C17H19N3.C17H15N3.9C2H6.3CH4/c1-14-10-18(24-21(23-14)8-9-22-24)11-15-6-7-17-13-16-4-2-3-5-19(16)20(17)12-15;1-12-9-16(20-17(19-12)7-8-18-20)11-13-5-6-14-3-2-4-15(14)10-13;1-12-10-15(20-17(19-12)8-9-18-20)11-14-7-6-13-4-2-3-5-16(13)14;9*1-2;;;/h2-5,8-10,15H,6-7,11-13H2,1H3;2,4,7-9,13H,3,5-6,10-11H2,1H3;2-5,7-10H,6,11H2,1H3;9*1-2H3;3*1H4. The lowest BCUT2D eigenvalue weighted by Crippen LogP contribution is -2.14. The van der Waals surface area contributed by atoms with Crippen LogP contribution in [0.25, 0.3) is 28.1 Å². The minimum Gasteiger partial charge on any atom is -0.234 e. The van der Waals surface area contributed by atoms with Gasteiger partial charge in [-0.25, -0.2) is 28.5 Å². The average Bonchev–Trinajstić information content (AvgIpc) is 4.51. The molecular weight excluding hydrogens is 1040 g/mol. The molecule has 0 radical (unpaired) electrons. The van der Waals surface area contributed by atoms with Crippen molar-refractivity contribution in [3.8, 4) is 0 Å². The van der Waals surface area contributed by atoms with E-state index in [4.69, 9.17) is 0 Å². The van der Waals surface area contributed by atoms with Crippen LogP contribution in [0.3, 0.4) is 0 Å². The normalized spacial score (nSPS) is 14.5. The highest BCUT2D eigenvalue weighted by Gasteiger charge is 2.29. The average molecular weight is 1160 g/mol. The fraction of sp³-hybridized carbons (Fsp3) is 0.500. The summed E-state index contributed by atoms with van der Waals surface area (Å²) in [6.07, 6.45) is 26.5. The Labute approximate surface area is 520 Å². The van der Waals surface area contributed by atoms with E-state index in [2.05, 4.69) is 129 Å². The summed E-state index contributed by atoms with van der Waals surface area (Å²) in [5.74, 6) is 1.44. The molecule has 0 fully saturated rings. The SMILES string of the molecule is C.C.C.CC.CC.CC.CC.CC.CC.CC.CC.CC.Cc1cc(CC2=CCc3ccccc32)n2nccc2n1.Cc1cc(CC2CCC3=C(C2)c2ccccc2C3)n2nccc2n1.Cc1cc(CC2CCC3=C(C=CC3)C2)n2nccc2n1. The van der Waals surface area contributed by atoms with E-state index in [0.29, 0.717) is 5.92 Å². The third kappa shape index (κ3) is 21.6. The van der Waals surface area contributed by atoms with Gasteiger partial charge in [-0.1, -0.05) is 225 Å². The summed E-state index contributed by atoms with van der Waals surface area (Å²) in [7, 11) is 0. The number of rotatable bonds is 6. The molecule has 0 bridgehead atoms. The van der Waals surface area contributed by atoms with Crippen molar-refractivity contribution in [2.45, 2.75) is 245 Å². The van der Waals surface area contributed by atoms with Gasteiger partial charge in [0.1, 0.15) is 0 Å². The Morgan fingerprint density at radius 2 is 0.859 bits per heavy atom. The van der Waals surface area contributed by atoms with Crippen molar-refractivity contribution < 1.29 is 0 Å². The molecule has 0 amide bonds. The van der Waals surface area contributed by atoms with Gasteiger partial charge in [-0.05, 0) is 160 Å². The first-order valence-electron chi connectivity index (χ1n) is 32.2. The van der Waals surface area contributed by atoms with Crippen LogP contribution in [0.2, 0.25) is 0 Å². The maximum Gasteiger partial charge on any atom is 0.155 e. The van der Waals surface area contributed by atoms with Gasteiger partial charge >= 0.3 is 0 Å². The number of nitrogens with zero attached hydrogens (tertiary/aromatic N) is 9. The molecule has 6 heterocycles. The monoisotopic (exact) mass is 1160 g/mol. The largest absolute Gasteiger partial charge is 0.234 e. The highest BCUT2D eigenvalue weighted by molar-refractivity contribution is 5.77. The van der Waals surface area contributed by atoms with Crippen LogP contribution < -0.4 is 0 Å². The Kier molecular flexibility index (Phi) is 42.2. The molecule has 13 rings (SSSR count). The second kappa shape index (κ2) is 44.7. The van der Waals surface area contributed by atoms with Crippen molar-refractivity contribution in [3.63, 3.8) is 0 Å². The number of hydrogen-bond donors (Lipinski definition) is 0. The van der Waals surface area contributed by atoms with Crippen molar-refractivity contribution in [1.82, 2.24) is 43.8 Å². The molecule has 2 unspecified atom stereocenters. The molecule has 6 aromatic heterocycles. The van der Waals surface area contributed by atoms with E-state index in [-0.39, 0.29) is 22.3 Å². The number of benzene rings is 2. The van der Waals surface area contributed by atoms with Crippen LogP contribution in [0.15, 0.2) is 138 Å². The molecule has 9 nitrogen and oxygen atoms in total. The summed E-state index contributed by atoms with van der Waals surface area (Å²) in [5.41, 5.74) is 23.7. The second-order valence-electron chi connectivity index (χ2n) is 18.5. The number of hydrogen-bond acceptors (Lipinski definition) is 6. The lowest BCUT2D eigenvalue weighted by molar-refractivity contribution is 0.448. The fourth-order valence-corrected chi connectivity index (χ4v) is 11.0. The van der Waals surface area contributed by atoms with E-state index in [1.54, 1.807) is 22.3 Å². The van der Waals surface area contributed by atoms with Crippen molar-refractivity contribution >= 4 is 28.1 Å². The van der Waals surface area contributed by atoms with Crippen LogP contribution in [-0.4, -0.2) is 43.8 Å². The van der Waals surface area contributed by atoms with Gasteiger partial charge in [0, 0.05) is 53.1 Å². The summed E-state index contributed by atoms with van der Waals surface area (Å²) in [4.78, 5) is 13.6. The van der Waals surface area contributed by atoms with Crippen LogP contribution in [0.5, 0.6) is 0 Å². The van der Waals surface area contributed by atoms with E-state index < -0.39 is 0 Å². The van der Waals surface area contributed by atoms with Gasteiger partial charge in [0.15, 0.2) is 16.9 Å². The molecule has 9 heteroatoms. The van der Waals surface area contributed by atoms with Crippen LogP contribution >= 0.6 is 0 Å². The molecule has 5 aliphatic rings. The predicted molar refractivity (Wildman–Crippen MR) is 377 cm³/mol. The minimum atomic E-state index is 0. The highest BCUT2D eigenvalue weighted by atomic mass is 15.3. The van der Waals surface area contributed by atoms with Gasteiger partial charge in [-0.2, -0.15) is 15.3 Å². The summed E-state index contributed by atoms with van der Waals surface area (Å²) < 4.78 is 5.95. The maximum atomic E-state index is 4.56. The molecule has 470 valence electrons. The number of fused-ring (bicyclic) bond motifs is 6. The number of allylic oxidation sites excluding steroid dienone is 8. The molecule has 0 saturated heterocycles. The molecule has 85 heavy (non-hydrogen) atoms. The van der Waals surface area contributed by atoms with E-state index in [1.807, 2.05) is 182 Å². The van der Waals surface area contributed by atoms with Crippen molar-refractivity contribution in [1.29, 1.82) is 0 Å². The number of aromatic nitrogens is 9. The molecule has 8 aromatic rings. The molecule has 0 saturated carbocycles. The number of aryl methyl sites for hydroxylation is 3. The third-order valence-electron chi connectivity index (χ3n) is 14.0. The highest BCUT2D eigenvalue weighted by Crippen LogP contribution is 2.44. The smallest absolute Gasteiger partial charge is 0.155 e. The molecule has 0 N–H and O–H groups in total. The van der Waals surface area contributed by atoms with Crippen molar-refractivity contribution in [2.75, 3.05) is 0 Å². The molecule has 0 spiro atoms. The first-order valence-corrected chi connectivity index (χ1v) is 32.2. The van der Waals surface area contributed by atoms with E-state index >= 15 is 0 Å². The Hall–Kier alpha value is -6.74. The van der Waals surface area contributed by atoms with Gasteiger partial charge in [0.05, 0.1) is 24.3 Å². The fourth-order valence-electron chi connectivity index (χ4n) is 11.0. The summed E-state index contributed by atoms with van der Waals surface area (Å²) in [5, 5.41) is 13.3. The zero-order valence-corrected chi connectivity index (χ0v) is 55.2. The zero-order valence-electron chi connectivity index (χ0n) is 55.2. The molecule has 2 aromatic carbocycles. The van der Waals surface area contributed by atoms with Crippen molar-refractivity contribution in [2.24, 2.45) is 11.8 Å². The maximum absolute atomic E-state index is 4.56. The van der Waals surface area contributed by atoms with Crippen LogP contribution in [0.1, 0.15) is 248 Å². The van der Waals surface area contributed by atoms with Gasteiger partial charge < -0.3 is 0 Å². The summed E-state index contributed by atoms with van der Waals surface area (Å²) >= 11 is 0. The molecular formula is C76H121N9. The first-order chi connectivity index (χ1) is 40.4. The van der Waals surface area contributed by atoms with Gasteiger partial charge in [0.25, 0.3) is 0 Å². The lowest BCUT2D eigenvalue weighted by atomic mass is 9.81. The topological polar surface area (TPSA) is 90.6 Å². The Morgan fingerprint density at radius 1 is 0.447 bits per heavy atom. The Morgan fingerprint density at radius 3 is 1.35 bits per heavy atom. The van der Waals surface area contributed by atoms with Crippen LogP contribution in [-0.2, 0) is 32.1 Å². The lowest BCUT2D eigenvalue weighted by Gasteiger charge is -2.24. The second-order valence-corrected chi connectivity index (χ2v) is 18.5. The first kappa shape index (κ1) is 80.3. The zero-order chi connectivity index (χ0) is 61.1. The van der Waals surface area contributed by atoms with Gasteiger partial charge in [0.2, 0.25) is 0 Å². The third-order valence-corrected chi connectivity index (χ3v) is 14.0. The minimum absolute atomic E-state index is 0. The quantitative estimate of drug-likeness (QED) is 0.165. The Bertz CT molecular complexity index is 3190. The van der Waals surface area contributed by atoms with E-state index in [9.17, 15) is 0 Å². The van der Waals surface area contributed by atoms with Crippen molar-refractivity contribution in [3.05, 3.63) is 195 Å². The Balaban J connectivity index is 0. The molecule has 2 atom stereocenters. The van der Waals surface area contributed by atoms with E-state index in [1.165, 1.54) is 96.3 Å². The predicted octanol–water partition coefficient (Wildman–Crippen LogP) is 22.4. The van der Waals surface area contributed by atoms with Crippen LogP contribution in [0, 0.1) is 32.6 Å². The molecule has 5 aliphatic carbocycles. The van der Waals surface area contributed by atoms with Crippen LogP contribution in [0.4, 0.5) is 0 Å². The van der Waals surface area contributed by atoms with E-state index in [0.717, 1.165) is 65.6 Å². The summed E-state index contributed by atoms with van der Waals surface area (Å²) in [6.45, 7) is 42.2. The molecule has 0 aliphatic heterocycles. The van der Waals surface area contributed by atoms with Gasteiger partial charge in [-0.15, -0.1) is 0 Å². The summed E-state index contributed by atoms with van der Waals surface area (Å²) in [6, 6.07) is 30.0.